The van der Waals surface area contributed by atoms with Crippen molar-refractivity contribution in [2.45, 2.75) is 18.0 Å². The Morgan fingerprint density at radius 3 is 1.07 bits per heavy atom. The largest absolute Gasteiger partial charge is 0.438 e. The van der Waals surface area contributed by atoms with Gasteiger partial charge in [0.25, 0.3) is 0 Å². The molecule has 0 N–H and O–H groups in total. The summed E-state index contributed by atoms with van der Waals surface area (Å²) in [5.74, 6) is -3.55. The van der Waals surface area contributed by atoms with Gasteiger partial charge >= 0.3 is 18.0 Å². The van der Waals surface area contributed by atoms with Crippen molar-refractivity contribution >= 4 is 22.6 Å². The van der Waals surface area contributed by atoms with Crippen molar-refractivity contribution in [2.24, 2.45) is 0 Å². The molecule has 15 heavy (non-hydrogen) atoms. The van der Waals surface area contributed by atoms with Gasteiger partial charge in [-0.05, 0) is 22.6 Å². The summed E-state index contributed by atoms with van der Waals surface area (Å²) in [5.41, 5.74) is -6.31. The molecule has 0 spiro atoms. The molecule has 0 heterocycles. The lowest BCUT2D eigenvalue weighted by Gasteiger charge is -2.28. The quantitative estimate of drug-likeness (QED) is 0.483. The summed E-state index contributed by atoms with van der Waals surface area (Å²) >= 11 is 0.172. The molecule has 0 saturated carbocycles. The Hall–Kier alpha value is -0.160. The first kappa shape index (κ1) is 14.8. The monoisotopic (exact) mass is 358 g/mol. The second-order valence-electron chi connectivity index (χ2n) is 2.23. The number of alkyl halides is 7. The van der Waals surface area contributed by atoms with E-state index in [-0.39, 0.29) is 22.6 Å². The molecule has 0 unspecified atom stereocenters. The Labute approximate surface area is 90.3 Å². The van der Waals surface area contributed by atoms with E-state index in [0.717, 1.165) is 0 Å². The second-order valence-corrected chi connectivity index (χ2v) is 3.18. The predicted octanol–water partition coefficient (Wildman–Crippen LogP) is 4.36. The van der Waals surface area contributed by atoms with E-state index in [9.17, 15) is 39.5 Å². The Morgan fingerprint density at radius 2 is 1.00 bits per heavy atom. The fourth-order valence-electron chi connectivity index (χ4n) is 0.540. The molecule has 0 nitrogen and oxygen atoms in total. The number of halogens is 10. The lowest BCUT2D eigenvalue weighted by molar-refractivity contribution is -0.331. The van der Waals surface area contributed by atoms with Gasteiger partial charge in [0, 0.05) is 0 Å². The van der Waals surface area contributed by atoms with E-state index in [1.165, 1.54) is 0 Å². The zero-order chi connectivity index (χ0) is 12.7. The Kier molecular flexibility index (Phi) is 3.97. The average molecular weight is 358 g/mol. The molecule has 0 aromatic carbocycles. The number of hydrogen-bond acceptors (Lipinski definition) is 0. The van der Waals surface area contributed by atoms with Gasteiger partial charge in [-0.25, -0.2) is 8.78 Å². The van der Waals surface area contributed by atoms with Gasteiger partial charge in [0.05, 0.1) is 0 Å². The molecular weight excluding hydrogens is 358 g/mol. The zero-order valence-corrected chi connectivity index (χ0v) is 8.44. The van der Waals surface area contributed by atoms with Gasteiger partial charge in [-0.1, -0.05) is 0 Å². The fourth-order valence-corrected chi connectivity index (χ4v) is 0.911. The molecule has 0 radical (unpaired) electrons. The van der Waals surface area contributed by atoms with E-state index < -0.39 is 27.7 Å². The maximum absolute atomic E-state index is 12.5. The van der Waals surface area contributed by atoms with Gasteiger partial charge in [-0.15, -0.1) is 0 Å². The molecule has 0 amide bonds. The molecule has 0 aliphatic carbocycles. The summed E-state index contributed by atoms with van der Waals surface area (Å²) in [6, 6.07) is 0. The molecule has 0 bridgehead atoms. The summed E-state index contributed by atoms with van der Waals surface area (Å²) in [5, 5.41) is 0. The Morgan fingerprint density at radius 1 is 0.733 bits per heavy atom. The minimum atomic E-state index is -6.63. The van der Waals surface area contributed by atoms with Crippen molar-refractivity contribution in [3.63, 3.8) is 0 Å². The third-order valence-corrected chi connectivity index (χ3v) is 1.72. The standard InChI is InChI=1S/C5F9I/c6-1(2(7)15)3(8,4(9,10)11)5(12,13)14/b2-1-. The highest BCUT2D eigenvalue weighted by Gasteiger charge is 2.76. The molecule has 0 aromatic rings. The van der Waals surface area contributed by atoms with Crippen LogP contribution in [0, 0.1) is 0 Å². The normalized spacial score (nSPS) is 16.4. The van der Waals surface area contributed by atoms with Gasteiger partial charge in [-0.3, -0.25) is 0 Å². The lowest BCUT2D eigenvalue weighted by Crippen LogP contribution is -2.53. The van der Waals surface area contributed by atoms with Gasteiger partial charge in [0.2, 0.25) is 0 Å². The van der Waals surface area contributed by atoms with Crippen LogP contribution in [0.4, 0.5) is 39.5 Å². The van der Waals surface area contributed by atoms with Crippen LogP contribution in [0.5, 0.6) is 0 Å². The van der Waals surface area contributed by atoms with Gasteiger partial charge < -0.3 is 0 Å². The fraction of sp³-hybridized carbons (Fsp3) is 0.600. The van der Waals surface area contributed by atoms with Gasteiger partial charge in [-0.2, -0.15) is 30.7 Å². The smallest absolute Gasteiger partial charge is 0.215 e. The van der Waals surface area contributed by atoms with Crippen LogP contribution in [0.2, 0.25) is 0 Å². The van der Waals surface area contributed by atoms with Crippen LogP contribution in [-0.2, 0) is 0 Å². The highest BCUT2D eigenvalue weighted by atomic mass is 127. The third-order valence-electron chi connectivity index (χ3n) is 1.25. The maximum Gasteiger partial charge on any atom is 0.438 e. The molecular formula is C5F9I. The zero-order valence-electron chi connectivity index (χ0n) is 6.28. The van der Waals surface area contributed by atoms with Crippen LogP contribution in [0.3, 0.4) is 0 Å². The molecule has 0 aliphatic rings. The van der Waals surface area contributed by atoms with Crippen LogP contribution < -0.4 is 0 Å². The van der Waals surface area contributed by atoms with E-state index >= 15 is 0 Å². The van der Waals surface area contributed by atoms with Crippen molar-refractivity contribution in [3.05, 3.63) is 9.66 Å². The van der Waals surface area contributed by atoms with E-state index in [4.69, 9.17) is 0 Å². The highest BCUT2D eigenvalue weighted by Crippen LogP contribution is 2.52. The lowest BCUT2D eigenvalue weighted by atomic mass is 10.0. The van der Waals surface area contributed by atoms with E-state index in [0.29, 0.717) is 0 Å². The van der Waals surface area contributed by atoms with Crippen molar-refractivity contribution in [1.82, 2.24) is 0 Å². The van der Waals surface area contributed by atoms with Gasteiger partial charge in [0.1, 0.15) is 0 Å². The molecule has 0 fully saturated rings. The molecule has 0 aliphatic heterocycles. The number of allylic oxidation sites excluding steroid dienone is 1. The number of hydrogen-bond donors (Lipinski definition) is 0. The summed E-state index contributed by atoms with van der Waals surface area (Å²) in [4.78, 5) is 0. The van der Waals surface area contributed by atoms with E-state index in [1.807, 2.05) is 0 Å². The van der Waals surface area contributed by atoms with Crippen LogP contribution in [-0.4, -0.2) is 18.0 Å². The van der Waals surface area contributed by atoms with Crippen LogP contribution >= 0.6 is 22.6 Å². The van der Waals surface area contributed by atoms with Crippen molar-refractivity contribution in [3.8, 4) is 0 Å². The van der Waals surface area contributed by atoms with Crippen LogP contribution in [0.1, 0.15) is 0 Å². The predicted molar refractivity (Wildman–Crippen MR) is 39.2 cm³/mol. The minimum Gasteiger partial charge on any atom is -0.215 e. The summed E-state index contributed by atoms with van der Waals surface area (Å²) in [7, 11) is 0. The molecule has 10 heteroatoms. The first-order valence-corrected chi connectivity index (χ1v) is 3.97. The molecule has 0 aromatic heterocycles. The van der Waals surface area contributed by atoms with Gasteiger partial charge in [0.15, 0.2) is 9.66 Å². The first-order chi connectivity index (χ1) is 6.35. The summed E-state index contributed by atoms with van der Waals surface area (Å²) in [6.07, 6.45) is -13.3. The molecule has 90 valence electrons. The summed E-state index contributed by atoms with van der Waals surface area (Å²) < 4.78 is 104. The number of rotatable bonds is 1. The van der Waals surface area contributed by atoms with Crippen LogP contribution in [0.25, 0.3) is 0 Å². The third kappa shape index (κ3) is 2.50. The molecule has 0 atom stereocenters. The highest BCUT2D eigenvalue weighted by molar-refractivity contribution is 14.1. The van der Waals surface area contributed by atoms with Crippen LogP contribution in [0.15, 0.2) is 9.66 Å². The van der Waals surface area contributed by atoms with E-state index in [1.54, 1.807) is 0 Å². The molecule has 0 rings (SSSR count). The van der Waals surface area contributed by atoms with Crippen molar-refractivity contribution < 1.29 is 39.5 Å². The van der Waals surface area contributed by atoms with Crippen molar-refractivity contribution in [2.75, 3.05) is 0 Å². The Bertz CT molecular complexity index is 253. The minimum absolute atomic E-state index is 0.172. The Balaban J connectivity index is 5.77. The van der Waals surface area contributed by atoms with Crippen molar-refractivity contribution in [1.29, 1.82) is 0 Å². The summed E-state index contributed by atoms with van der Waals surface area (Å²) in [6.45, 7) is 0. The molecule has 0 saturated heterocycles. The maximum atomic E-state index is 12.5. The topological polar surface area (TPSA) is 0 Å². The average Bonchev–Trinajstić information content (AvgIpc) is 1.96. The van der Waals surface area contributed by atoms with E-state index in [2.05, 4.69) is 0 Å². The first-order valence-electron chi connectivity index (χ1n) is 2.89. The second kappa shape index (κ2) is 4.01. The SMILES string of the molecule is F/C(I)=C(/F)C(F)(C(F)(F)F)C(F)(F)F.